The lowest BCUT2D eigenvalue weighted by atomic mass is 10.1. The number of esters is 1. The molecule has 0 bridgehead atoms. The second-order valence-corrected chi connectivity index (χ2v) is 3.53. The highest BCUT2D eigenvalue weighted by Crippen LogP contribution is 2.08. The number of carbonyl (C=O) groups is 2. The molecule has 0 aliphatic rings. The largest absolute Gasteiger partial charge is 0.466 e. The van der Waals surface area contributed by atoms with Crippen LogP contribution in [0.5, 0.6) is 0 Å². The van der Waals surface area contributed by atoms with Gasteiger partial charge < -0.3 is 4.74 Å². The van der Waals surface area contributed by atoms with Gasteiger partial charge in [-0.2, -0.15) is 0 Å². The van der Waals surface area contributed by atoms with E-state index in [1.165, 1.54) is 12.3 Å². The summed E-state index contributed by atoms with van der Waals surface area (Å²) < 4.78 is 4.71. The van der Waals surface area contributed by atoms with E-state index < -0.39 is 0 Å². The Kier molecular flexibility index (Phi) is 4.92. The first kappa shape index (κ1) is 12.6. The molecule has 0 spiro atoms. The normalized spacial score (nSPS) is 9.88. The monoisotopic (exact) mass is 241 g/mol. The van der Waals surface area contributed by atoms with Crippen molar-refractivity contribution in [3.05, 3.63) is 29.0 Å². The first-order valence-electron chi connectivity index (χ1n) is 4.94. The average Bonchev–Trinajstić information content (AvgIpc) is 2.27. The van der Waals surface area contributed by atoms with Crippen molar-refractivity contribution in [2.24, 2.45) is 0 Å². The number of carbonyl (C=O) groups excluding carboxylic acids is 2. The number of pyridine rings is 1. The number of hydrogen-bond donors (Lipinski definition) is 0. The van der Waals surface area contributed by atoms with Crippen LogP contribution in [0.3, 0.4) is 0 Å². The molecule has 0 aliphatic heterocycles. The van der Waals surface area contributed by atoms with Crippen LogP contribution in [0.1, 0.15) is 30.3 Å². The Labute approximate surface area is 98.6 Å². The molecule has 1 heterocycles. The number of aromatic nitrogens is 1. The van der Waals surface area contributed by atoms with E-state index in [-0.39, 0.29) is 24.6 Å². The van der Waals surface area contributed by atoms with E-state index in [0.29, 0.717) is 17.3 Å². The molecule has 0 aliphatic carbocycles. The summed E-state index contributed by atoms with van der Waals surface area (Å²) in [5, 5.41) is 0.474. The molecule has 0 radical (unpaired) electrons. The predicted octanol–water partition coefficient (Wildman–Crippen LogP) is 2.26. The Morgan fingerprint density at radius 2 is 2.12 bits per heavy atom. The maximum atomic E-state index is 11.6. The molecule has 0 saturated heterocycles. The zero-order valence-corrected chi connectivity index (χ0v) is 9.66. The molecule has 0 N–H and O–H groups in total. The van der Waals surface area contributed by atoms with Crippen LogP contribution < -0.4 is 0 Å². The van der Waals surface area contributed by atoms with Crippen LogP contribution in [0.4, 0.5) is 0 Å². The molecule has 0 amide bonds. The zero-order valence-electron chi connectivity index (χ0n) is 8.90. The fourth-order valence-corrected chi connectivity index (χ4v) is 1.23. The van der Waals surface area contributed by atoms with E-state index in [1.54, 1.807) is 13.0 Å². The molecule has 0 saturated carbocycles. The Morgan fingerprint density at radius 3 is 2.69 bits per heavy atom. The van der Waals surface area contributed by atoms with E-state index in [0.717, 1.165) is 0 Å². The van der Waals surface area contributed by atoms with Crippen molar-refractivity contribution in [2.75, 3.05) is 6.61 Å². The van der Waals surface area contributed by atoms with Gasteiger partial charge in [-0.25, -0.2) is 0 Å². The summed E-state index contributed by atoms with van der Waals surface area (Å²) in [6.07, 6.45) is 1.59. The van der Waals surface area contributed by atoms with Gasteiger partial charge in [-0.3, -0.25) is 14.6 Å². The summed E-state index contributed by atoms with van der Waals surface area (Å²) >= 11 is 5.64. The number of Topliss-reactive ketones (excluding diaryl/α,β-unsaturated/α-hetero) is 1. The molecule has 0 unspecified atom stereocenters. The molecule has 16 heavy (non-hydrogen) atoms. The highest BCUT2D eigenvalue weighted by molar-refractivity contribution is 6.30. The first-order chi connectivity index (χ1) is 7.63. The first-order valence-corrected chi connectivity index (χ1v) is 5.31. The summed E-state index contributed by atoms with van der Waals surface area (Å²) in [5.41, 5.74) is 0.314. The van der Waals surface area contributed by atoms with Crippen molar-refractivity contribution in [1.82, 2.24) is 4.98 Å². The third kappa shape index (κ3) is 3.98. The lowest BCUT2D eigenvalue weighted by Gasteiger charge is -2.01. The van der Waals surface area contributed by atoms with Gasteiger partial charge in [0.1, 0.15) is 5.69 Å². The third-order valence-electron chi connectivity index (χ3n) is 1.87. The summed E-state index contributed by atoms with van der Waals surface area (Å²) in [6.45, 7) is 2.05. The maximum absolute atomic E-state index is 11.6. The third-order valence-corrected chi connectivity index (χ3v) is 2.10. The van der Waals surface area contributed by atoms with Crippen molar-refractivity contribution in [2.45, 2.75) is 19.8 Å². The van der Waals surface area contributed by atoms with Crippen LogP contribution in [0.15, 0.2) is 18.3 Å². The van der Waals surface area contributed by atoms with Crippen molar-refractivity contribution < 1.29 is 14.3 Å². The summed E-state index contributed by atoms with van der Waals surface area (Å²) in [7, 11) is 0. The Hall–Kier alpha value is -1.42. The van der Waals surface area contributed by atoms with E-state index in [4.69, 9.17) is 16.3 Å². The topological polar surface area (TPSA) is 56.3 Å². The molecule has 5 heteroatoms. The molecule has 0 aromatic carbocycles. The van der Waals surface area contributed by atoms with Gasteiger partial charge in [-0.05, 0) is 19.1 Å². The van der Waals surface area contributed by atoms with Crippen LogP contribution in [0, 0.1) is 0 Å². The van der Waals surface area contributed by atoms with Crippen molar-refractivity contribution in [1.29, 1.82) is 0 Å². The number of ether oxygens (including phenoxy) is 1. The van der Waals surface area contributed by atoms with Gasteiger partial charge in [-0.15, -0.1) is 0 Å². The fraction of sp³-hybridized carbons (Fsp3) is 0.364. The second kappa shape index (κ2) is 6.23. The smallest absolute Gasteiger partial charge is 0.306 e. The minimum atomic E-state index is -0.371. The van der Waals surface area contributed by atoms with Gasteiger partial charge in [-0.1, -0.05) is 11.6 Å². The zero-order chi connectivity index (χ0) is 12.0. The summed E-state index contributed by atoms with van der Waals surface area (Å²) in [4.78, 5) is 26.4. The van der Waals surface area contributed by atoms with E-state index in [9.17, 15) is 9.59 Å². The van der Waals surface area contributed by atoms with Crippen LogP contribution in [0.25, 0.3) is 0 Å². The summed E-state index contributed by atoms with van der Waals surface area (Å²) in [5.74, 6) is -0.561. The highest BCUT2D eigenvalue weighted by Gasteiger charge is 2.10. The molecule has 4 nitrogen and oxygen atoms in total. The number of hydrogen-bond acceptors (Lipinski definition) is 4. The molecular formula is C11H12ClNO3. The minimum Gasteiger partial charge on any atom is -0.466 e. The van der Waals surface area contributed by atoms with Crippen LogP contribution in [-0.4, -0.2) is 23.3 Å². The molecule has 0 fully saturated rings. The predicted molar refractivity (Wildman–Crippen MR) is 59.4 cm³/mol. The lowest BCUT2D eigenvalue weighted by molar-refractivity contribution is -0.143. The molecule has 1 aromatic heterocycles. The molecule has 86 valence electrons. The number of ketones is 1. The van der Waals surface area contributed by atoms with Crippen LogP contribution in [0.2, 0.25) is 5.02 Å². The van der Waals surface area contributed by atoms with Gasteiger partial charge in [0.05, 0.1) is 18.1 Å². The quantitative estimate of drug-likeness (QED) is 0.586. The van der Waals surface area contributed by atoms with Gasteiger partial charge in [0, 0.05) is 12.6 Å². The summed E-state index contributed by atoms with van der Waals surface area (Å²) in [6, 6.07) is 3.13. The van der Waals surface area contributed by atoms with Crippen molar-refractivity contribution >= 4 is 23.4 Å². The molecular weight excluding hydrogens is 230 g/mol. The lowest BCUT2D eigenvalue weighted by Crippen LogP contribution is -2.08. The van der Waals surface area contributed by atoms with Crippen LogP contribution in [-0.2, 0) is 9.53 Å². The van der Waals surface area contributed by atoms with Crippen LogP contribution >= 0.6 is 11.6 Å². The fourth-order valence-electron chi connectivity index (χ4n) is 1.12. The Bertz CT molecular complexity index is 375. The minimum absolute atomic E-state index is 0.0803. The average molecular weight is 242 g/mol. The Morgan fingerprint density at radius 1 is 1.38 bits per heavy atom. The standard InChI is InChI=1S/C11H12ClNO3/c1-2-16-11(15)6-5-10(14)9-4-3-8(12)7-13-9/h3-4,7H,2,5-6H2,1H3. The molecule has 1 rings (SSSR count). The second-order valence-electron chi connectivity index (χ2n) is 3.09. The molecule has 1 aromatic rings. The van der Waals surface area contributed by atoms with Gasteiger partial charge >= 0.3 is 5.97 Å². The number of rotatable bonds is 5. The van der Waals surface area contributed by atoms with E-state index >= 15 is 0 Å². The van der Waals surface area contributed by atoms with Crippen molar-refractivity contribution in [3.8, 4) is 0 Å². The van der Waals surface area contributed by atoms with Gasteiger partial charge in [0.15, 0.2) is 5.78 Å². The van der Waals surface area contributed by atoms with Gasteiger partial charge in [0.25, 0.3) is 0 Å². The number of halogens is 1. The van der Waals surface area contributed by atoms with E-state index in [1.807, 2.05) is 0 Å². The molecule has 0 atom stereocenters. The number of nitrogens with zero attached hydrogens (tertiary/aromatic N) is 1. The van der Waals surface area contributed by atoms with E-state index in [2.05, 4.69) is 4.98 Å². The van der Waals surface area contributed by atoms with Gasteiger partial charge in [0.2, 0.25) is 0 Å². The Balaban J connectivity index is 2.47. The SMILES string of the molecule is CCOC(=O)CCC(=O)c1ccc(Cl)cn1. The highest BCUT2D eigenvalue weighted by atomic mass is 35.5. The van der Waals surface area contributed by atoms with Crippen molar-refractivity contribution in [3.63, 3.8) is 0 Å². The maximum Gasteiger partial charge on any atom is 0.306 e.